The summed E-state index contributed by atoms with van der Waals surface area (Å²) < 4.78 is 2.04. The van der Waals surface area contributed by atoms with Crippen LogP contribution in [0.5, 0.6) is 0 Å². The lowest BCUT2D eigenvalue weighted by molar-refractivity contribution is 0.620. The number of likely N-dealkylation sites (N-methyl/N-ethyl adjacent to an activating group) is 1. The van der Waals surface area contributed by atoms with Crippen molar-refractivity contribution in [3.63, 3.8) is 0 Å². The number of thioether (sulfide) groups is 1. The van der Waals surface area contributed by atoms with Crippen LogP contribution in [0.2, 0.25) is 0 Å². The molecule has 1 N–H and O–H groups in total. The van der Waals surface area contributed by atoms with E-state index in [4.69, 9.17) is 12.2 Å². The quantitative estimate of drug-likeness (QED) is 0.862. The summed E-state index contributed by atoms with van der Waals surface area (Å²) in [6.07, 6.45) is 7.89. The highest BCUT2D eigenvalue weighted by Gasteiger charge is 2.39. The highest BCUT2D eigenvalue weighted by atomic mass is 32.2. The van der Waals surface area contributed by atoms with Crippen LogP contribution < -0.4 is 5.32 Å². The Labute approximate surface area is 129 Å². The summed E-state index contributed by atoms with van der Waals surface area (Å²) in [4.78, 5) is 5.44. The first-order chi connectivity index (χ1) is 9.65. The molecule has 3 heterocycles. The van der Waals surface area contributed by atoms with Crippen LogP contribution in [-0.2, 0) is 4.75 Å². The predicted molar refractivity (Wildman–Crippen MR) is 89.6 cm³/mol. The number of fused-ring (bicyclic) bond motifs is 1. The van der Waals surface area contributed by atoms with Crippen LogP contribution in [0.15, 0.2) is 24.5 Å². The maximum absolute atomic E-state index is 5.64. The van der Waals surface area contributed by atoms with Crippen molar-refractivity contribution in [2.24, 2.45) is 0 Å². The van der Waals surface area contributed by atoms with E-state index in [1.807, 2.05) is 25.7 Å². The third kappa shape index (κ3) is 2.23. The molecule has 1 atom stereocenters. The summed E-state index contributed by atoms with van der Waals surface area (Å²) in [5, 5.41) is 3.21. The molecule has 1 fully saturated rings. The molecule has 3 rings (SSSR count). The van der Waals surface area contributed by atoms with E-state index in [-0.39, 0.29) is 4.75 Å². The fraction of sp³-hybridized carbons (Fsp3) is 0.467. The van der Waals surface area contributed by atoms with E-state index in [2.05, 4.69) is 39.2 Å². The van der Waals surface area contributed by atoms with Gasteiger partial charge in [0.05, 0.1) is 15.4 Å². The predicted octanol–water partition coefficient (Wildman–Crippen LogP) is 3.30. The van der Waals surface area contributed by atoms with Crippen molar-refractivity contribution < 1.29 is 0 Å². The molecule has 1 aliphatic heterocycles. The van der Waals surface area contributed by atoms with Gasteiger partial charge in [-0.05, 0) is 37.1 Å². The zero-order valence-corrected chi connectivity index (χ0v) is 13.5. The van der Waals surface area contributed by atoms with Crippen molar-refractivity contribution in [2.45, 2.75) is 30.9 Å². The SMILES string of the molecule is CNC(=S)C1(c2ccc3nc(C)cn3c2)CCCCS1. The minimum Gasteiger partial charge on any atom is -0.381 e. The molecule has 20 heavy (non-hydrogen) atoms. The van der Waals surface area contributed by atoms with Crippen LogP contribution >= 0.6 is 24.0 Å². The summed E-state index contributed by atoms with van der Waals surface area (Å²) in [6, 6.07) is 4.28. The Morgan fingerprint density at radius 1 is 1.40 bits per heavy atom. The van der Waals surface area contributed by atoms with Crippen molar-refractivity contribution in [1.82, 2.24) is 14.7 Å². The minimum atomic E-state index is -0.0747. The van der Waals surface area contributed by atoms with Crippen LogP contribution in [-0.4, -0.2) is 27.2 Å². The highest BCUT2D eigenvalue weighted by molar-refractivity contribution is 8.02. The average Bonchev–Trinajstić information content (AvgIpc) is 2.86. The second kappa shape index (κ2) is 5.37. The van der Waals surface area contributed by atoms with Gasteiger partial charge in [-0.25, -0.2) is 4.98 Å². The zero-order valence-electron chi connectivity index (χ0n) is 11.8. The van der Waals surface area contributed by atoms with E-state index >= 15 is 0 Å². The molecule has 0 radical (unpaired) electrons. The Morgan fingerprint density at radius 2 is 2.25 bits per heavy atom. The van der Waals surface area contributed by atoms with Crippen molar-refractivity contribution in [2.75, 3.05) is 12.8 Å². The molecule has 1 aliphatic rings. The second-order valence-electron chi connectivity index (χ2n) is 5.28. The Morgan fingerprint density at radius 3 is 2.95 bits per heavy atom. The molecular formula is C15H19N3S2. The Bertz CT molecular complexity index is 642. The van der Waals surface area contributed by atoms with Crippen LogP contribution in [0.1, 0.15) is 30.5 Å². The number of nitrogens with zero attached hydrogens (tertiary/aromatic N) is 2. The molecule has 0 spiro atoms. The summed E-state index contributed by atoms with van der Waals surface area (Å²) in [7, 11) is 1.93. The first-order valence-electron chi connectivity index (χ1n) is 6.98. The first kappa shape index (κ1) is 13.9. The molecular weight excluding hydrogens is 286 g/mol. The fourth-order valence-corrected chi connectivity index (χ4v) is 4.79. The standard InChI is InChI=1S/C15H19N3S2/c1-11-9-18-10-12(5-6-13(18)17-11)15(14(19)16-2)7-3-4-8-20-15/h5-6,9-10H,3-4,7-8H2,1-2H3,(H,16,19). The van der Waals surface area contributed by atoms with Gasteiger partial charge in [-0.3, -0.25) is 0 Å². The molecule has 2 aromatic rings. The third-order valence-corrected chi connectivity index (χ3v) is 6.21. The van der Waals surface area contributed by atoms with Gasteiger partial charge in [0.15, 0.2) is 0 Å². The molecule has 1 saturated heterocycles. The van der Waals surface area contributed by atoms with Crippen molar-refractivity contribution in [3.8, 4) is 0 Å². The molecule has 106 valence electrons. The molecule has 3 nitrogen and oxygen atoms in total. The topological polar surface area (TPSA) is 29.3 Å². The normalized spacial score (nSPS) is 22.9. The van der Waals surface area contributed by atoms with Gasteiger partial charge in [0.25, 0.3) is 0 Å². The fourth-order valence-electron chi connectivity index (χ4n) is 2.89. The maximum Gasteiger partial charge on any atom is 0.136 e. The number of aryl methyl sites for hydroxylation is 1. The molecule has 0 aromatic carbocycles. The molecule has 1 unspecified atom stereocenters. The Hall–Kier alpha value is -1.07. The van der Waals surface area contributed by atoms with E-state index in [1.54, 1.807) is 0 Å². The summed E-state index contributed by atoms with van der Waals surface area (Å²) >= 11 is 7.61. The van der Waals surface area contributed by atoms with Crippen molar-refractivity contribution in [3.05, 3.63) is 35.8 Å². The van der Waals surface area contributed by atoms with Gasteiger partial charge in [-0.15, -0.1) is 11.8 Å². The van der Waals surface area contributed by atoms with Crippen molar-refractivity contribution in [1.29, 1.82) is 0 Å². The van der Waals surface area contributed by atoms with E-state index in [1.165, 1.54) is 24.2 Å². The van der Waals surface area contributed by atoms with Gasteiger partial charge in [0, 0.05) is 19.4 Å². The number of hydrogen-bond donors (Lipinski definition) is 1. The molecule has 0 amide bonds. The van der Waals surface area contributed by atoms with Gasteiger partial charge in [0.2, 0.25) is 0 Å². The molecule has 0 bridgehead atoms. The van der Waals surface area contributed by atoms with E-state index < -0.39 is 0 Å². The average molecular weight is 305 g/mol. The molecule has 5 heteroatoms. The first-order valence-corrected chi connectivity index (χ1v) is 8.37. The highest BCUT2D eigenvalue weighted by Crippen LogP contribution is 2.45. The maximum atomic E-state index is 5.64. The largest absolute Gasteiger partial charge is 0.381 e. The number of pyridine rings is 1. The molecule has 0 saturated carbocycles. The van der Waals surface area contributed by atoms with Crippen LogP contribution in [0.25, 0.3) is 5.65 Å². The number of aromatic nitrogens is 2. The lowest BCUT2D eigenvalue weighted by atomic mass is 9.92. The van der Waals surface area contributed by atoms with Gasteiger partial charge < -0.3 is 9.72 Å². The van der Waals surface area contributed by atoms with Crippen LogP contribution in [0, 0.1) is 6.92 Å². The number of hydrogen-bond acceptors (Lipinski definition) is 3. The summed E-state index contributed by atoms with van der Waals surface area (Å²) in [5.74, 6) is 1.17. The van der Waals surface area contributed by atoms with Crippen molar-refractivity contribution >= 4 is 34.6 Å². The van der Waals surface area contributed by atoms with E-state index in [0.29, 0.717) is 0 Å². The Balaban J connectivity index is 2.10. The smallest absolute Gasteiger partial charge is 0.136 e. The number of thiocarbonyl (C=S) groups is 1. The minimum absolute atomic E-state index is 0.0747. The van der Waals surface area contributed by atoms with Gasteiger partial charge in [0.1, 0.15) is 5.65 Å². The lowest BCUT2D eigenvalue weighted by Gasteiger charge is -2.37. The molecule has 2 aromatic heterocycles. The third-order valence-electron chi connectivity index (χ3n) is 3.90. The van der Waals surface area contributed by atoms with Gasteiger partial charge in [-0.2, -0.15) is 0 Å². The van der Waals surface area contributed by atoms with Crippen LogP contribution in [0.3, 0.4) is 0 Å². The number of imidazole rings is 1. The number of rotatable bonds is 2. The lowest BCUT2D eigenvalue weighted by Crippen LogP contribution is -2.41. The van der Waals surface area contributed by atoms with Gasteiger partial charge >= 0.3 is 0 Å². The molecule has 0 aliphatic carbocycles. The Kier molecular flexibility index (Phi) is 3.73. The van der Waals surface area contributed by atoms with Gasteiger partial charge in [-0.1, -0.05) is 24.7 Å². The monoisotopic (exact) mass is 305 g/mol. The second-order valence-corrected chi connectivity index (χ2v) is 7.08. The van der Waals surface area contributed by atoms with E-state index in [9.17, 15) is 0 Å². The summed E-state index contributed by atoms with van der Waals surface area (Å²) in [5.41, 5.74) is 3.33. The number of nitrogens with one attached hydrogen (secondary N) is 1. The zero-order chi connectivity index (χ0) is 14.2. The van der Waals surface area contributed by atoms with E-state index in [0.717, 1.165) is 22.8 Å². The summed E-state index contributed by atoms with van der Waals surface area (Å²) in [6.45, 7) is 2.02. The van der Waals surface area contributed by atoms with Crippen LogP contribution in [0.4, 0.5) is 0 Å².